The highest BCUT2D eigenvalue weighted by atomic mass is 35.5. The van der Waals surface area contributed by atoms with E-state index in [0.717, 1.165) is 19.1 Å². The van der Waals surface area contributed by atoms with Crippen molar-refractivity contribution in [3.8, 4) is 0 Å². The Kier molecular flexibility index (Phi) is 6.51. The smallest absolute Gasteiger partial charge is 0.128 e. The van der Waals surface area contributed by atoms with Gasteiger partial charge in [-0.2, -0.15) is 0 Å². The molecule has 0 atom stereocenters. The molecule has 0 bridgehead atoms. The summed E-state index contributed by atoms with van der Waals surface area (Å²) in [5.74, 6) is 1.21. The summed E-state index contributed by atoms with van der Waals surface area (Å²) in [5.41, 5.74) is 2.85. The first-order chi connectivity index (χ1) is 10.3. The molecule has 1 aromatic rings. The number of rotatable bonds is 4. The average molecular weight is 324 g/mol. The van der Waals surface area contributed by atoms with E-state index < -0.39 is 0 Å². The Morgan fingerprint density at radius 2 is 1.68 bits per heavy atom. The lowest BCUT2D eigenvalue weighted by atomic mass is 9.96. The standard InChI is InChI=1S/C18H29N3.ClH/c1-3-16(4-2)20-11-13-21(14-12-20)18-10-9-15-7-5-6-8-17(15)19-18;/h9-10,16H,3-8,11-14H2,1-2H3;1H. The maximum absolute atomic E-state index is 4.95. The van der Waals surface area contributed by atoms with Crippen molar-refractivity contribution in [3.63, 3.8) is 0 Å². The van der Waals surface area contributed by atoms with Gasteiger partial charge in [0.2, 0.25) is 0 Å². The Morgan fingerprint density at radius 3 is 2.36 bits per heavy atom. The van der Waals surface area contributed by atoms with Crippen LogP contribution in [0.25, 0.3) is 0 Å². The van der Waals surface area contributed by atoms with E-state index in [1.54, 1.807) is 0 Å². The molecule has 2 aliphatic rings. The van der Waals surface area contributed by atoms with E-state index in [1.807, 2.05) is 0 Å². The molecule has 124 valence electrons. The van der Waals surface area contributed by atoms with Crippen LogP contribution in [0.15, 0.2) is 12.1 Å². The van der Waals surface area contributed by atoms with Crippen LogP contribution in [0.4, 0.5) is 5.82 Å². The highest BCUT2D eigenvalue weighted by Gasteiger charge is 2.23. The van der Waals surface area contributed by atoms with Crippen molar-refractivity contribution in [2.24, 2.45) is 0 Å². The highest BCUT2D eigenvalue weighted by molar-refractivity contribution is 5.85. The Hall–Kier alpha value is -0.800. The van der Waals surface area contributed by atoms with Crippen molar-refractivity contribution in [3.05, 3.63) is 23.4 Å². The fraction of sp³-hybridized carbons (Fsp3) is 0.722. The minimum atomic E-state index is 0. The minimum Gasteiger partial charge on any atom is -0.354 e. The van der Waals surface area contributed by atoms with Gasteiger partial charge in [0.25, 0.3) is 0 Å². The normalized spacial score (nSPS) is 19.0. The summed E-state index contributed by atoms with van der Waals surface area (Å²) in [6, 6.07) is 5.34. The number of fused-ring (bicyclic) bond motifs is 1. The predicted molar refractivity (Wildman–Crippen MR) is 96.3 cm³/mol. The molecule has 2 heterocycles. The third-order valence-electron chi connectivity index (χ3n) is 5.26. The summed E-state index contributed by atoms with van der Waals surface area (Å²) in [4.78, 5) is 10.1. The minimum absolute atomic E-state index is 0. The van der Waals surface area contributed by atoms with Crippen LogP contribution >= 0.6 is 12.4 Å². The summed E-state index contributed by atoms with van der Waals surface area (Å²) in [6.45, 7) is 9.25. The molecule has 0 N–H and O–H groups in total. The van der Waals surface area contributed by atoms with Gasteiger partial charge in [-0.05, 0) is 50.2 Å². The molecule has 0 saturated carbocycles. The molecular formula is C18H30ClN3. The van der Waals surface area contributed by atoms with E-state index in [0.29, 0.717) is 0 Å². The Bertz CT molecular complexity index is 465. The summed E-state index contributed by atoms with van der Waals surface area (Å²) < 4.78 is 0. The number of aryl methyl sites for hydroxylation is 2. The second-order valence-electron chi connectivity index (χ2n) is 6.48. The monoisotopic (exact) mass is 323 g/mol. The van der Waals surface area contributed by atoms with Crippen molar-refractivity contribution >= 4 is 18.2 Å². The van der Waals surface area contributed by atoms with Crippen LogP contribution in [0.3, 0.4) is 0 Å². The third kappa shape index (κ3) is 3.75. The van der Waals surface area contributed by atoms with Crippen LogP contribution in [0.1, 0.15) is 50.8 Å². The van der Waals surface area contributed by atoms with E-state index >= 15 is 0 Å². The van der Waals surface area contributed by atoms with E-state index in [-0.39, 0.29) is 12.4 Å². The van der Waals surface area contributed by atoms with Gasteiger partial charge >= 0.3 is 0 Å². The van der Waals surface area contributed by atoms with E-state index in [1.165, 1.54) is 68.7 Å². The summed E-state index contributed by atoms with van der Waals surface area (Å²) in [6.07, 6.45) is 7.59. The average Bonchev–Trinajstić information content (AvgIpc) is 2.56. The number of anilines is 1. The van der Waals surface area contributed by atoms with Gasteiger partial charge in [-0.1, -0.05) is 19.9 Å². The summed E-state index contributed by atoms with van der Waals surface area (Å²) >= 11 is 0. The molecular weight excluding hydrogens is 294 g/mol. The van der Waals surface area contributed by atoms with E-state index in [9.17, 15) is 0 Å². The second-order valence-corrected chi connectivity index (χ2v) is 6.48. The number of aromatic nitrogens is 1. The number of hydrogen-bond donors (Lipinski definition) is 0. The summed E-state index contributed by atoms with van der Waals surface area (Å²) in [7, 11) is 0. The highest BCUT2D eigenvalue weighted by Crippen LogP contribution is 2.24. The van der Waals surface area contributed by atoms with Gasteiger partial charge in [-0.15, -0.1) is 12.4 Å². The van der Waals surface area contributed by atoms with Gasteiger partial charge in [0.15, 0.2) is 0 Å². The molecule has 3 rings (SSSR count). The van der Waals surface area contributed by atoms with Crippen molar-refractivity contribution in [2.45, 2.75) is 58.4 Å². The van der Waals surface area contributed by atoms with Crippen molar-refractivity contribution < 1.29 is 0 Å². The van der Waals surface area contributed by atoms with Gasteiger partial charge in [-0.3, -0.25) is 4.90 Å². The molecule has 0 amide bonds. The molecule has 0 unspecified atom stereocenters. The fourth-order valence-corrected chi connectivity index (χ4v) is 3.87. The topological polar surface area (TPSA) is 19.4 Å². The van der Waals surface area contributed by atoms with Crippen LogP contribution in [0, 0.1) is 0 Å². The molecule has 1 aromatic heterocycles. The predicted octanol–water partition coefficient (Wildman–Crippen LogP) is 3.69. The lowest BCUT2D eigenvalue weighted by Crippen LogP contribution is -2.50. The van der Waals surface area contributed by atoms with Crippen LogP contribution in [0.2, 0.25) is 0 Å². The second kappa shape index (κ2) is 8.16. The zero-order chi connectivity index (χ0) is 14.7. The van der Waals surface area contributed by atoms with Gasteiger partial charge in [0.05, 0.1) is 0 Å². The number of nitrogens with zero attached hydrogens (tertiary/aromatic N) is 3. The van der Waals surface area contributed by atoms with Gasteiger partial charge in [0, 0.05) is 37.9 Å². The number of halogens is 1. The lowest BCUT2D eigenvalue weighted by molar-refractivity contribution is 0.175. The van der Waals surface area contributed by atoms with Crippen LogP contribution in [0.5, 0.6) is 0 Å². The Labute approximate surface area is 141 Å². The van der Waals surface area contributed by atoms with E-state index in [2.05, 4.69) is 35.8 Å². The number of pyridine rings is 1. The largest absolute Gasteiger partial charge is 0.354 e. The Morgan fingerprint density at radius 1 is 1.00 bits per heavy atom. The molecule has 22 heavy (non-hydrogen) atoms. The van der Waals surface area contributed by atoms with E-state index in [4.69, 9.17) is 4.98 Å². The van der Waals surface area contributed by atoms with Crippen molar-refractivity contribution in [1.82, 2.24) is 9.88 Å². The van der Waals surface area contributed by atoms with Crippen LogP contribution < -0.4 is 4.90 Å². The lowest BCUT2D eigenvalue weighted by Gasteiger charge is -2.39. The number of piperazine rings is 1. The Balaban J connectivity index is 0.00000176. The maximum atomic E-state index is 4.95. The molecule has 1 fully saturated rings. The molecule has 0 spiro atoms. The summed E-state index contributed by atoms with van der Waals surface area (Å²) in [5, 5.41) is 0. The molecule has 0 aromatic carbocycles. The molecule has 1 saturated heterocycles. The number of hydrogen-bond acceptors (Lipinski definition) is 3. The zero-order valence-corrected chi connectivity index (χ0v) is 14.9. The van der Waals surface area contributed by atoms with Crippen molar-refractivity contribution in [1.29, 1.82) is 0 Å². The fourth-order valence-electron chi connectivity index (χ4n) is 3.87. The SMILES string of the molecule is CCC(CC)N1CCN(c2ccc3c(n2)CCCC3)CC1.Cl. The van der Waals surface area contributed by atoms with Crippen LogP contribution in [-0.4, -0.2) is 42.1 Å². The first kappa shape index (κ1) is 17.6. The zero-order valence-electron chi connectivity index (χ0n) is 14.1. The first-order valence-electron chi connectivity index (χ1n) is 8.79. The molecule has 4 heteroatoms. The van der Waals surface area contributed by atoms with Gasteiger partial charge in [-0.25, -0.2) is 4.98 Å². The van der Waals surface area contributed by atoms with Crippen molar-refractivity contribution in [2.75, 3.05) is 31.1 Å². The molecule has 1 aliphatic carbocycles. The quantitative estimate of drug-likeness (QED) is 0.842. The molecule has 3 nitrogen and oxygen atoms in total. The molecule has 1 aliphatic heterocycles. The van der Waals surface area contributed by atoms with Gasteiger partial charge in [0.1, 0.15) is 5.82 Å². The van der Waals surface area contributed by atoms with Crippen LogP contribution in [-0.2, 0) is 12.8 Å². The molecule has 0 radical (unpaired) electrons. The van der Waals surface area contributed by atoms with Gasteiger partial charge < -0.3 is 4.90 Å². The third-order valence-corrected chi connectivity index (χ3v) is 5.26. The maximum Gasteiger partial charge on any atom is 0.128 e. The first-order valence-corrected chi connectivity index (χ1v) is 8.79.